The van der Waals surface area contributed by atoms with Crippen LogP contribution in [0.3, 0.4) is 0 Å². The average Bonchev–Trinajstić information content (AvgIpc) is 3.03. The van der Waals surface area contributed by atoms with Crippen LogP contribution in [0, 0.1) is 0 Å². The molecule has 1 aromatic carbocycles. The number of carbonyl (C=O) groups excluding carboxylic acids is 1. The maximum atomic E-state index is 12.3. The van der Waals surface area contributed by atoms with Crippen molar-refractivity contribution in [1.29, 1.82) is 0 Å². The lowest BCUT2D eigenvalue weighted by molar-refractivity contribution is -0.119. The van der Waals surface area contributed by atoms with Crippen LogP contribution in [-0.4, -0.2) is 39.7 Å². The summed E-state index contributed by atoms with van der Waals surface area (Å²) in [5.74, 6) is 7.76. The molecule has 1 aliphatic rings. The summed E-state index contributed by atoms with van der Waals surface area (Å²) < 4.78 is 6.59. The van der Waals surface area contributed by atoms with Crippen LogP contribution in [0.4, 0.5) is 0 Å². The molecule has 146 valence electrons. The molecule has 3 N–H and O–H groups in total. The summed E-state index contributed by atoms with van der Waals surface area (Å²) in [6, 6.07) is 7.74. The Balaban J connectivity index is 1.54. The van der Waals surface area contributed by atoms with Crippen LogP contribution in [0.1, 0.15) is 44.9 Å². The third kappa shape index (κ3) is 5.38. The minimum absolute atomic E-state index is 0.0274. The molecule has 7 nitrogen and oxygen atoms in total. The second kappa shape index (κ2) is 9.64. The molecule has 1 amide bonds. The number of amides is 1. The number of aromatic nitrogens is 3. The highest BCUT2D eigenvalue weighted by molar-refractivity contribution is 7.99. The monoisotopic (exact) mass is 389 g/mol. The van der Waals surface area contributed by atoms with Gasteiger partial charge in [-0.2, -0.15) is 0 Å². The Morgan fingerprint density at radius 1 is 1.19 bits per heavy atom. The molecule has 1 heterocycles. The number of rotatable bonds is 6. The van der Waals surface area contributed by atoms with Gasteiger partial charge in [-0.1, -0.05) is 43.9 Å². The zero-order valence-electron chi connectivity index (χ0n) is 15.7. The van der Waals surface area contributed by atoms with Gasteiger partial charge in [0.2, 0.25) is 11.1 Å². The van der Waals surface area contributed by atoms with E-state index >= 15 is 0 Å². The number of carbonyl (C=O) groups is 1. The van der Waals surface area contributed by atoms with Gasteiger partial charge in [-0.15, -0.1) is 10.2 Å². The zero-order chi connectivity index (χ0) is 19.1. The third-order valence-corrected chi connectivity index (χ3v) is 5.76. The number of nitrogens with two attached hydrogens (primary N) is 1. The Bertz CT molecular complexity index is 739. The number of methoxy groups -OCH3 is 1. The number of nitrogens with one attached hydrogen (secondary N) is 1. The fourth-order valence-corrected chi connectivity index (χ4v) is 3.98. The minimum Gasteiger partial charge on any atom is -0.497 e. The average molecular weight is 390 g/mol. The molecule has 0 saturated heterocycles. The number of hydrogen-bond donors (Lipinski definition) is 2. The molecule has 1 aromatic heterocycles. The van der Waals surface area contributed by atoms with Gasteiger partial charge < -0.3 is 15.9 Å². The van der Waals surface area contributed by atoms with Crippen LogP contribution in [0.25, 0.3) is 11.4 Å². The van der Waals surface area contributed by atoms with Crippen molar-refractivity contribution < 1.29 is 9.53 Å². The summed E-state index contributed by atoms with van der Waals surface area (Å²) in [4.78, 5) is 12.3. The maximum Gasteiger partial charge on any atom is 0.230 e. The van der Waals surface area contributed by atoms with Gasteiger partial charge in [0.05, 0.1) is 12.9 Å². The maximum absolute atomic E-state index is 12.3. The summed E-state index contributed by atoms with van der Waals surface area (Å²) in [7, 11) is 1.62. The predicted molar refractivity (Wildman–Crippen MR) is 107 cm³/mol. The minimum atomic E-state index is 0.0274. The van der Waals surface area contributed by atoms with Gasteiger partial charge in [0, 0.05) is 11.6 Å². The number of ether oxygens (including phenoxy) is 1. The summed E-state index contributed by atoms with van der Waals surface area (Å²) in [5, 5.41) is 12.0. The highest BCUT2D eigenvalue weighted by atomic mass is 32.2. The Kier molecular flexibility index (Phi) is 6.98. The first kappa shape index (κ1) is 19.5. The molecule has 8 heteroatoms. The van der Waals surface area contributed by atoms with Crippen molar-refractivity contribution >= 4 is 17.7 Å². The van der Waals surface area contributed by atoms with E-state index in [0.29, 0.717) is 17.0 Å². The van der Waals surface area contributed by atoms with E-state index < -0.39 is 0 Å². The van der Waals surface area contributed by atoms with Crippen molar-refractivity contribution in [3.63, 3.8) is 0 Å². The van der Waals surface area contributed by atoms with Crippen molar-refractivity contribution in [2.45, 2.75) is 56.1 Å². The van der Waals surface area contributed by atoms with Crippen molar-refractivity contribution in [2.75, 3.05) is 18.7 Å². The van der Waals surface area contributed by atoms with Crippen LogP contribution in [0.15, 0.2) is 29.4 Å². The summed E-state index contributed by atoms with van der Waals surface area (Å²) in [6.45, 7) is 0. The molecule has 2 aromatic rings. The molecular formula is C19H27N5O2S. The van der Waals surface area contributed by atoms with Gasteiger partial charge >= 0.3 is 0 Å². The fourth-order valence-electron chi connectivity index (χ4n) is 3.31. The van der Waals surface area contributed by atoms with Gasteiger partial charge in [0.25, 0.3) is 0 Å². The first-order chi connectivity index (χ1) is 13.2. The van der Waals surface area contributed by atoms with E-state index in [0.717, 1.165) is 24.2 Å². The normalized spacial score (nSPS) is 15.7. The Hall–Kier alpha value is -2.22. The molecule has 1 saturated carbocycles. The number of nitrogen functional groups attached to an aromatic ring is 1. The highest BCUT2D eigenvalue weighted by Crippen LogP contribution is 2.23. The number of hydrogen-bond acceptors (Lipinski definition) is 6. The third-order valence-electron chi connectivity index (χ3n) is 4.82. The molecular weight excluding hydrogens is 362 g/mol. The molecule has 0 atom stereocenters. The molecule has 27 heavy (non-hydrogen) atoms. The van der Waals surface area contributed by atoms with Gasteiger partial charge in [-0.05, 0) is 37.1 Å². The quantitative estimate of drug-likeness (QED) is 0.582. The SMILES string of the molecule is COc1ccc(-c2nnc(SCC(=O)NC3CCCCCCC3)n2N)cc1. The van der Waals surface area contributed by atoms with Gasteiger partial charge in [0.15, 0.2) is 5.82 Å². The first-order valence-electron chi connectivity index (χ1n) is 9.44. The van der Waals surface area contributed by atoms with Crippen molar-refractivity contribution in [1.82, 2.24) is 20.2 Å². The largest absolute Gasteiger partial charge is 0.497 e. The molecule has 0 radical (unpaired) electrons. The molecule has 0 spiro atoms. The van der Waals surface area contributed by atoms with E-state index in [1.165, 1.54) is 48.5 Å². The van der Waals surface area contributed by atoms with Crippen molar-refractivity contribution in [3.05, 3.63) is 24.3 Å². The topological polar surface area (TPSA) is 95.1 Å². The van der Waals surface area contributed by atoms with E-state index in [1.807, 2.05) is 24.3 Å². The molecule has 1 fully saturated rings. The van der Waals surface area contributed by atoms with Crippen LogP contribution in [-0.2, 0) is 4.79 Å². The van der Waals surface area contributed by atoms with Crippen LogP contribution < -0.4 is 15.9 Å². The predicted octanol–water partition coefficient (Wildman–Crippen LogP) is 2.99. The number of benzene rings is 1. The van der Waals surface area contributed by atoms with Gasteiger partial charge in [0.1, 0.15) is 5.75 Å². The number of thioether (sulfide) groups is 1. The van der Waals surface area contributed by atoms with Gasteiger partial charge in [-0.25, -0.2) is 4.68 Å². The first-order valence-corrected chi connectivity index (χ1v) is 10.4. The molecule has 0 unspecified atom stereocenters. The molecule has 0 aliphatic heterocycles. The fraction of sp³-hybridized carbons (Fsp3) is 0.526. The molecule has 3 rings (SSSR count). The number of nitrogens with zero attached hydrogens (tertiary/aromatic N) is 3. The smallest absolute Gasteiger partial charge is 0.230 e. The lowest BCUT2D eigenvalue weighted by atomic mass is 9.97. The Labute approximate surface area is 164 Å². The standard InChI is InChI=1S/C19H27N5O2S/c1-26-16-11-9-14(10-12-16)18-22-23-19(24(18)20)27-13-17(25)21-15-7-5-3-2-4-6-8-15/h9-12,15H,2-8,13,20H2,1H3,(H,21,25). The van der Waals surface area contributed by atoms with E-state index in [4.69, 9.17) is 10.6 Å². The lowest BCUT2D eigenvalue weighted by Gasteiger charge is -2.20. The highest BCUT2D eigenvalue weighted by Gasteiger charge is 2.17. The Morgan fingerprint density at radius 3 is 2.52 bits per heavy atom. The molecule has 0 bridgehead atoms. The van der Waals surface area contributed by atoms with Crippen LogP contribution >= 0.6 is 11.8 Å². The molecule has 1 aliphatic carbocycles. The summed E-state index contributed by atoms with van der Waals surface area (Å²) in [6.07, 6.45) is 8.40. The van der Waals surface area contributed by atoms with E-state index in [2.05, 4.69) is 15.5 Å². The second-order valence-corrected chi connectivity index (χ2v) is 7.75. The van der Waals surface area contributed by atoms with Crippen LogP contribution in [0.5, 0.6) is 5.75 Å². The summed E-state index contributed by atoms with van der Waals surface area (Å²) in [5.41, 5.74) is 0.844. The van der Waals surface area contributed by atoms with E-state index in [9.17, 15) is 4.79 Å². The zero-order valence-corrected chi connectivity index (χ0v) is 16.5. The van der Waals surface area contributed by atoms with E-state index in [-0.39, 0.29) is 11.7 Å². The van der Waals surface area contributed by atoms with E-state index in [1.54, 1.807) is 7.11 Å². The van der Waals surface area contributed by atoms with Crippen LogP contribution in [0.2, 0.25) is 0 Å². The summed E-state index contributed by atoms with van der Waals surface area (Å²) >= 11 is 1.30. The van der Waals surface area contributed by atoms with Gasteiger partial charge in [-0.3, -0.25) is 4.79 Å². The van der Waals surface area contributed by atoms with Crippen molar-refractivity contribution in [3.8, 4) is 17.1 Å². The lowest BCUT2D eigenvalue weighted by Crippen LogP contribution is -2.36. The Morgan fingerprint density at radius 2 is 1.85 bits per heavy atom. The van der Waals surface area contributed by atoms with Crippen molar-refractivity contribution in [2.24, 2.45) is 0 Å². The second-order valence-electron chi connectivity index (χ2n) is 6.80.